The Morgan fingerprint density at radius 1 is 1.35 bits per heavy atom. The number of likely N-dealkylation sites (tertiary alicyclic amines) is 1. The van der Waals surface area contributed by atoms with Crippen LogP contribution in [0, 0.1) is 0 Å². The molecule has 20 heavy (non-hydrogen) atoms. The Labute approximate surface area is 118 Å². The summed E-state index contributed by atoms with van der Waals surface area (Å²) < 4.78 is 5.21. The quantitative estimate of drug-likeness (QED) is 0.667. The fraction of sp³-hybridized carbons (Fsp3) is 0.500. The van der Waals surface area contributed by atoms with Crippen molar-refractivity contribution in [1.29, 1.82) is 0 Å². The molecular formula is C14H20N2O4. The van der Waals surface area contributed by atoms with Gasteiger partial charge in [-0.1, -0.05) is 18.2 Å². The molecule has 0 aromatic heterocycles. The minimum absolute atomic E-state index is 0.141. The van der Waals surface area contributed by atoms with Gasteiger partial charge in [0, 0.05) is 25.2 Å². The van der Waals surface area contributed by atoms with Crippen LogP contribution in [0.4, 0.5) is 0 Å². The van der Waals surface area contributed by atoms with Crippen molar-refractivity contribution < 1.29 is 19.7 Å². The average Bonchev–Trinajstić information content (AvgIpc) is 2.75. The number of nitrogens with one attached hydrogen (secondary N) is 1. The molecule has 110 valence electrons. The number of β-amino-alcohol motifs (C(OH)–C–C–N with tert-alkyl or cyclic N) is 2. The molecule has 0 radical (unpaired) electrons. The molecule has 0 saturated carbocycles. The number of hydrogen-bond donors (Lipinski definition) is 3. The normalized spacial score (nSPS) is 22.8. The molecule has 1 aromatic rings. The number of benzene rings is 1. The van der Waals surface area contributed by atoms with Crippen molar-refractivity contribution in [2.45, 2.75) is 18.8 Å². The number of nitrogens with zero attached hydrogens (tertiary/aromatic N) is 1. The first-order valence-electron chi connectivity index (χ1n) is 6.57. The van der Waals surface area contributed by atoms with Crippen molar-refractivity contribution in [2.75, 3.05) is 26.7 Å². The van der Waals surface area contributed by atoms with E-state index in [2.05, 4.69) is 5.32 Å². The first-order chi connectivity index (χ1) is 9.60. The van der Waals surface area contributed by atoms with E-state index in [0.717, 1.165) is 11.3 Å². The summed E-state index contributed by atoms with van der Waals surface area (Å²) in [4.78, 5) is 13.6. The molecule has 0 aliphatic carbocycles. The Kier molecular flexibility index (Phi) is 4.94. The number of aliphatic hydroxyl groups is 2. The van der Waals surface area contributed by atoms with E-state index in [9.17, 15) is 15.0 Å². The van der Waals surface area contributed by atoms with Crippen molar-refractivity contribution in [3.05, 3.63) is 29.8 Å². The smallest absolute Gasteiger partial charge is 0.234 e. The zero-order valence-corrected chi connectivity index (χ0v) is 11.5. The van der Waals surface area contributed by atoms with Gasteiger partial charge in [-0.15, -0.1) is 0 Å². The number of ether oxygens (including phenoxy) is 1. The monoisotopic (exact) mass is 280 g/mol. The molecule has 3 N–H and O–H groups in total. The van der Waals surface area contributed by atoms with Crippen LogP contribution in [-0.2, 0) is 11.3 Å². The van der Waals surface area contributed by atoms with E-state index < -0.39 is 12.2 Å². The van der Waals surface area contributed by atoms with E-state index in [1.807, 2.05) is 24.3 Å². The van der Waals surface area contributed by atoms with Gasteiger partial charge in [0.05, 0.1) is 25.9 Å². The third-order valence-corrected chi connectivity index (χ3v) is 3.37. The van der Waals surface area contributed by atoms with E-state index in [-0.39, 0.29) is 12.5 Å². The Morgan fingerprint density at radius 2 is 2.00 bits per heavy atom. The van der Waals surface area contributed by atoms with Crippen molar-refractivity contribution in [2.24, 2.45) is 0 Å². The van der Waals surface area contributed by atoms with Gasteiger partial charge < -0.3 is 20.3 Å². The van der Waals surface area contributed by atoms with Crippen molar-refractivity contribution in [3.63, 3.8) is 0 Å². The number of para-hydroxylation sites is 1. The van der Waals surface area contributed by atoms with Crippen LogP contribution in [0.5, 0.6) is 5.75 Å². The molecule has 2 rings (SSSR count). The minimum Gasteiger partial charge on any atom is -0.496 e. The van der Waals surface area contributed by atoms with Crippen LogP contribution in [0.1, 0.15) is 5.56 Å². The summed E-state index contributed by atoms with van der Waals surface area (Å²) in [5.41, 5.74) is 0.907. The summed E-state index contributed by atoms with van der Waals surface area (Å²) in [6.45, 7) is 1.21. The number of rotatable bonds is 5. The molecule has 2 unspecified atom stereocenters. The molecule has 1 saturated heterocycles. The van der Waals surface area contributed by atoms with E-state index in [1.54, 1.807) is 12.0 Å². The molecule has 6 nitrogen and oxygen atoms in total. The lowest BCUT2D eigenvalue weighted by Gasteiger charge is -2.15. The molecule has 1 heterocycles. The lowest BCUT2D eigenvalue weighted by atomic mass is 10.2. The predicted molar refractivity (Wildman–Crippen MR) is 73.3 cm³/mol. The first kappa shape index (κ1) is 14.8. The molecule has 1 fully saturated rings. The Bertz CT molecular complexity index is 456. The highest BCUT2D eigenvalue weighted by Gasteiger charge is 2.30. The molecule has 6 heteroatoms. The number of methoxy groups -OCH3 is 1. The first-order valence-corrected chi connectivity index (χ1v) is 6.57. The van der Waals surface area contributed by atoms with Crippen molar-refractivity contribution >= 4 is 5.91 Å². The third-order valence-electron chi connectivity index (χ3n) is 3.37. The van der Waals surface area contributed by atoms with Crippen LogP contribution < -0.4 is 10.1 Å². The zero-order chi connectivity index (χ0) is 14.5. The predicted octanol–water partition coefficient (Wildman–Crippen LogP) is -0.651. The highest BCUT2D eigenvalue weighted by Crippen LogP contribution is 2.16. The van der Waals surface area contributed by atoms with E-state index >= 15 is 0 Å². The van der Waals surface area contributed by atoms with Crippen LogP contribution in [0.25, 0.3) is 0 Å². The van der Waals surface area contributed by atoms with Gasteiger partial charge >= 0.3 is 0 Å². The standard InChI is InChI=1S/C14H20N2O4/c1-20-13-5-3-2-4-10(13)6-15-14(19)9-16-7-11(17)12(18)8-16/h2-5,11-12,17-18H,6-9H2,1H3,(H,15,19). The van der Waals surface area contributed by atoms with Gasteiger partial charge in [0.2, 0.25) is 5.91 Å². The molecule has 0 spiro atoms. The molecule has 1 aliphatic heterocycles. The van der Waals surface area contributed by atoms with E-state index in [1.165, 1.54) is 0 Å². The average molecular weight is 280 g/mol. The van der Waals surface area contributed by atoms with Gasteiger partial charge in [-0.3, -0.25) is 9.69 Å². The third kappa shape index (κ3) is 3.69. The second kappa shape index (κ2) is 6.69. The Hall–Kier alpha value is -1.63. The SMILES string of the molecule is COc1ccccc1CNC(=O)CN1CC(O)C(O)C1. The Morgan fingerprint density at radius 3 is 2.65 bits per heavy atom. The van der Waals surface area contributed by atoms with Crippen molar-refractivity contribution in [3.8, 4) is 5.75 Å². The molecule has 0 bridgehead atoms. The maximum Gasteiger partial charge on any atom is 0.234 e. The van der Waals surface area contributed by atoms with Gasteiger partial charge in [-0.2, -0.15) is 0 Å². The number of aliphatic hydroxyl groups excluding tert-OH is 2. The van der Waals surface area contributed by atoms with Crippen LogP contribution in [0.2, 0.25) is 0 Å². The second-order valence-corrected chi connectivity index (χ2v) is 4.92. The number of amides is 1. The molecular weight excluding hydrogens is 260 g/mol. The Balaban J connectivity index is 1.81. The summed E-state index contributed by atoms with van der Waals surface area (Å²) >= 11 is 0. The van der Waals surface area contributed by atoms with Gasteiger partial charge in [-0.05, 0) is 6.07 Å². The summed E-state index contributed by atoms with van der Waals surface area (Å²) in [7, 11) is 1.59. The van der Waals surface area contributed by atoms with Gasteiger partial charge in [0.25, 0.3) is 0 Å². The fourth-order valence-electron chi connectivity index (χ4n) is 2.28. The van der Waals surface area contributed by atoms with Gasteiger partial charge in [-0.25, -0.2) is 0 Å². The van der Waals surface area contributed by atoms with Gasteiger partial charge in [0.15, 0.2) is 0 Å². The van der Waals surface area contributed by atoms with Crippen LogP contribution in [0.3, 0.4) is 0 Å². The summed E-state index contributed by atoms with van der Waals surface area (Å²) in [6, 6.07) is 7.49. The van der Waals surface area contributed by atoms with Crippen molar-refractivity contribution in [1.82, 2.24) is 10.2 Å². The van der Waals surface area contributed by atoms with Crippen LogP contribution in [-0.4, -0.2) is 60.0 Å². The number of hydrogen-bond acceptors (Lipinski definition) is 5. The highest BCUT2D eigenvalue weighted by molar-refractivity contribution is 5.78. The molecule has 2 atom stereocenters. The second-order valence-electron chi connectivity index (χ2n) is 4.92. The van der Waals surface area contributed by atoms with Crippen LogP contribution >= 0.6 is 0 Å². The van der Waals surface area contributed by atoms with Crippen LogP contribution in [0.15, 0.2) is 24.3 Å². The highest BCUT2D eigenvalue weighted by atomic mass is 16.5. The minimum atomic E-state index is -0.767. The lowest BCUT2D eigenvalue weighted by molar-refractivity contribution is -0.122. The summed E-state index contributed by atoms with van der Waals surface area (Å²) in [5, 5.41) is 21.6. The fourth-order valence-corrected chi connectivity index (χ4v) is 2.28. The number of carbonyl (C=O) groups excluding carboxylic acids is 1. The largest absolute Gasteiger partial charge is 0.496 e. The number of carbonyl (C=O) groups is 1. The van der Waals surface area contributed by atoms with E-state index in [0.29, 0.717) is 19.6 Å². The summed E-state index contributed by atoms with van der Waals surface area (Å²) in [6.07, 6.45) is -1.53. The molecule has 1 amide bonds. The zero-order valence-electron chi connectivity index (χ0n) is 11.5. The van der Waals surface area contributed by atoms with E-state index in [4.69, 9.17) is 4.74 Å². The maximum atomic E-state index is 11.8. The maximum absolute atomic E-state index is 11.8. The summed E-state index contributed by atoms with van der Waals surface area (Å²) in [5.74, 6) is 0.594. The molecule has 1 aliphatic rings. The topological polar surface area (TPSA) is 82.0 Å². The lowest BCUT2D eigenvalue weighted by Crippen LogP contribution is -2.36. The molecule has 1 aromatic carbocycles. The van der Waals surface area contributed by atoms with Gasteiger partial charge in [0.1, 0.15) is 5.75 Å².